The van der Waals surface area contributed by atoms with Crippen LogP contribution >= 0.6 is 0 Å². The number of nitrogens with one attached hydrogen (secondary N) is 1. The van der Waals surface area contributed by atoms with E-state index in [1.807, 2.05) is 0 Å². The molecule has 2 rings (SSSR count). The third kappa shape index (κ3) is 4.17. The van der Waals surface area contributed by atoms with Crippen LogP contribution in [0.2, 0.25) is 0 Å². The summed E-state index contributed by atoms with van der Waals surface area (Å²) in [5.74, 6) is 0. The predicted octanol–water partition coefficient (Wildman–Crippen LogP) is 2.18. The normalized spacial score (nSPS) is 28.7. The van der Waals surface area contributed by atoms with Crippen LogP contribution in [0.1, 0.15) is 44.9 Å². The summed E-state index contributed by atoms with van der Waals surface area (Å²) in [7, 11) is 6.59. The van der Waals surface area contributed by atoms with E-state index in [2.05, 4.69) is 36.3 Å². The summed E-state index contributed by atoms with van der Waals surface area (Å²) in [6, 6.07) is 0.768. The predicted molar refractivity (Wildman–Crippen MR) is 82.6 cm³/mol. The SMILES string of the molecule is CNCC1(CN2CCCC(N(C)C)C2)CCCCC1. The molecular formula is C16H33N3. The van der Waals surface area contributed by atoms with E-state index < -0.39 is 0 Å². The summed E-state index contributed by atoms with van der Waals surface area (Å²) in [5, 5.41) is 3.46. The maximum absolute atomic E-state index is 3.46. The van der Waals surface area contributed by atoms with Crippen LogP contribution in [0.5, 0.6) is 0 Å². The fourth-order valence-electron chi connectivity index (χ4n) is 4.14. The molecule has 19 heavy (non-hydrogen) atoms. The average molecular weight is 267 g/mol. The van der Waals surface area contributed by atoms with Crippen LogP contribution in [0.3, 0.4) is 0 Å². The minimum absolute atomic E-state index is 0.557. The van der Waals surface area contributed by atoms with Crippen molar-refractivity contribution in [3.05, 3.63) is 0 Å². The van der Waals surface area contributed by atoms with Gasteiger partial charge >= 0.3 is 0 Å². The molecule has 1 saturated heterocycles. The van der Waals surface area contributed by atoms with Crippen molar-refractivity contribution in [2.75, 3.05) is 47.3 Å². The van der Waals surface area contributed by atoms with Crippen LogP contribution in [-0.2, 0) is 0 Å². The molecule has 1 aliphatic heterocycles. The lowest BCUT2D eigenvalue weighted by molar-refractivity contribution is 0.0625. The lowest BCUT2D eigenvalue weighted by atomic mass is 9.73. The summed E-state index contributed by atoms with van der Waals surface area (Å²) in [6.45, 7) is 5.11. The van der Waals surface area contributed by atoms with Crippen molar-refractivity contribution in [3.63, 3.8) is 0 Å². The van der Waals surface area contributed by atoms with Gasteiger partial charge in [-0.3, -0.25) is 0 Å². The van der Waals surface area contributed by atoms with Crippen LogP contribution in [0.4, 0.5) is 0 Å². The number of piperidine rings is 1. The van der Waals surface area contributed by atoms with Crippen molar-refractivity contribution in [3.8, 4) is 0 Å². The van der Waals surface area contributed by atoms with Crippen molar-refractivity contribution >= 4 is 0 Å². The van der Waals surface area contributed by atoms with Crippen molar-refractivity contribution in [2.45, 2.75) is 51.0 Å². The van der Waals surface area contributed by atoms with Gasteiger partial charge in [0.1, 0.15) is 0 Å². The van der Waals surface area contributed by atoms with Crippen molar-refractivity contribution < 1.29 is 0 Å². The van der Waals surface area contributed by atoms with E-state index in [0.717, 1.165) is 6.04 Å². The molecule has 0 aromatic heterocycles. The third-order valence-electron chi connectivity index (χ3n) is 5.24. The molecule has 1 unspecified atom stereocenters. The van der Waals surface area contributed by atoms with E-state index in [-0.39, 0.29) is 0 Å². The average Bonchev–Trinajstić information content (AvgIpc) is 2.40. The molecule has 1 atom stereocenters. The maximum Gasteiger partial charge on any atom is 0.0217 e. The van der Waals surface area contributed by atoms with Crippen molar-refractivity contribution in [1.29, 1.82) is 0 Å². The van der Waals surface area contributed by atoms with E-state index in [0.29, 0.717) is 5.41 Å². The second-order valence-electron chi connectivity index (χ2n) is 7.09. The van der Waals surface area contributed by atoms with E-state index in [1.165, 1.54) is 71.1 Å². The molecule has 0 spiro atoms. The molecule has 1 aliphatic carbocycles. The van der Waals surface area contributed by atoms with Crippen molar-refractivity contribution in [1.82, 2.24) is 15.1 Å². The highest BCUT2D eigenvalue weighted by Crippen LogP contribution is 2.37. The summed E-state index contributed by atoms with van der Waals surface area (Å²) >= 11 is 0. The second kappa shape index (κ2) is 7.05. The largest absolute Gasteiger partial charge is 0.319 e. The van der Waals surface area contributed by atoms with Gasteiger partial charge < -0.3 is 15.1 Å². The molecule has 1 heterocycles. The van der Waals surface area contributed by atoms with Crippen LogP contribution in [0.25, 0.3) is 0 Å². The molecule has 0 aromatic rings. The molecule has 0 radical (unpaired) electrons. The summed E-state index contributed by atoms with van der Waals surface area (Å²) in [6.07, 6.45) is 9.93. The Balaban J connectivity index is 1.92. The van der Waals surface area contributed by atoms with Gasteiger partial charge in [-0.05, 0) is 58.8 Å². The molecule has 1 N–H and O–H groups in total. The topological polar surface area (TPSA) is 18.5 Å². The smallest absolute Gasteiger partial charge is 0.0217 e. The minimum Gasteiger partial charge on any atom is -0.319 e. The molecule has 1 saturated carbocycles. The highest BCUT2D eigenvalue weighted by molar-refractivity contribution is 4.89. The Morgan fingerprint density at radius 3 is 2.53 bits per heavy atom. The summed E-state index contributed by atoms with van der Waals surface area (Å²) < 4.78 is 0. The first-order valence-corrected chi connectivity index (χ1v) is 8.19. The first-order valence-electron chi connectivity index (χ1n) is 8.19. The monoisotopic (exact) mass is 267 g/mol. The van der Waals surface area contributed by atoms with Gasteiger partial charge in [0.2, 0.25) is 0 Å². The summed E-state index contributed by atoms with van der Waals surface area (Å²) in [4.78, 5) is 5.16. The van der Waals surface area contributed by atoms with Gasteiger partial charge in [0.15, 0.2) is 0 Å². The molecule has 0 bridgehead atoms. The van der Waals surface area contributed by atoms with E-state index in [1.54, 1.807) is 0 Å². The van der Waals surface area contributed by atoms with E-state index in [4.69, 9.17) is 0 Å². The quantitative estimate of drug-likeness (QED) is 0.824. The summed E-state index contributed by atoms with van der Waals surface area (Å²) in [5.41, 5.74) is 0.557. The van der Waals surface area contributed by atoms with Crippen LogP contribution in [0, 0.1) is 5.41 Å². The van der Waals surface area contributed by atoms with E-state index in [9.17, 15) is 0 Å². The Labute approximate surface area is 119 Å². The van der Waals surface area contributed by atoms with Crippen LogP contribution in [0.15, 0.2) is 0 Å². The van der Waals surface area contributed by atoms with Gasteiger partial charge in [-0.25, -0.2) is 0 Å². The molecule has 112 valence electrons. The highest BCUT2D eigenvalue weighted by atomic mass is 15.2. The fraction of sp³-hybridized carbons (Fsp3) is 1.00. The first-order chi connectivity index (χ1) is 9.15. The Bertz CT molecular complexity index is 253. The molecule has 0 aromatic carbocycles. The number of likely N-dealkylation sites (N-methyl/N-ethyl adjacent to an activating group) is 1. The molecule has 2 fully saturated rings. The maximum atomic E-state index is 3.46. The molecule has 3 nitrogen and oxygen atoms in total. The lowest BCUT2D eigenvalue weighted by Gasteiger charge is -2.44. The first kappa shape index (κ1) is 15.3. The number of likely N-dealkylation sites (tertiary alicyclic amines) is 1. The van der Waals surface area contributed by atoms with Gasteiger partial charge in [0.05, 0.1) is 0 Å². The number of nitrogens with zero attached hydrogens (tertiary/aromatic N) is 2. The third-order valence-corrected chi connectivity index (χ3v) is 5.24. The Kier molecular flexibility index (Phi) is 5.67. The lowest BCUT2D eigenvalue weighted by Crippen LogP contribution is -2.51. The zero-order valence-electron chi connectivity index (χ0n) is 13.2. The molecule has 2 aliphatic rings. The van der Waals surface area contributed by atoms with Gasteiger partial charge in [-0.15, -0.1) is 0 Å². The zero-order valence-corrected chi connectivity index (χ0v) is 13.2. The zero-order chi connectivity index (χ0) is 13.7. The van der Waals surface area contributed by atoms with Gasteiger partial charge in [-0.1, -0.05) is 19.3 Å². The van der Waals surface area contributed by atoms with E-state index >= 15 is 0 Å². The fourth-order valence-corrected chi connectivity index (χ4v) is 4.14. The molecule has 0 amide bonds. The number of hydrogen-bond acceptors (Lipinski definition) is 3. The Morgan fingerprint density at radius 2 is 1.89 bits per heavy atom. The van der Waals surface area contributed by atoms with Crippen LogP contribution in [-0.4, -0.2) is 63.2 Å². The second-order valence-corrected chi connectivity index (χ2v) is 7.09. The Morgan fingerprint density at radius 1 is 1.16 bits per heavy atom. The number of hydrogen-bond donors (Lipinski definition) is 1. The molecular weight excluding hydrogens is 234 g/mol. The highest BCUT2D eigenvalue weighted by Gasteiger charge is 2.34. The van der Waals surface area contributed by atoms with Gasteiger partial charge in [-0.2, -0.15) is 0 Å². The standard InChI is InChI=1S/C16H33N3/c1-17-13-16(9-5-4-6-10-16)14-19-11-7-8-15(12-19)18(2)3/h15,17H,4-14H2,1-3H3. The minimum atomic E-state index is 0.557. The number of rotatable bonds is 5. The van der Waals surface area contributed by atoms with Gasteiger partial charge in [0, 0.05) is 25.7 Å². The van der Waals surface area contributed by atoms with Crippen molar-refractivity contribution in [2.24, 2.45) is 5.41 Å². The van der Waals surface area contributed by atoms with Crippen LogP contribution < -0.4 is 5.32 Å². The molecule has 3 heteroatoms. The van der Waals surface area contributed by atoms with Gasteiger partial charge in [0.25, 0.3) is 0 Å². The Hall–Kier alpha value is -0.120.